The van der Waals surface area contributed by atoms with Gasteiger partial charge in [0.15, 0.2) is 0 Å². The average Bonchev–Trinajstić information content (AvgIpc) is 2.23. The lowest BCUT2D eigenvalue weighted by atomic mass is 10.0. The minimum Gasteiger partial charge on any atom is -0.490 e. The second kappa shape index (κ2) is 5.69. The molecule has 1 aromatic carbocycles. The van der Waals surface area contributed by atoms with Gasteiger partial charge in [0.1, 0.15) is 12.0 Å². The second-order valence-electron chi connectivity index (χ2n) is 4.37. The molecule has 0 saturated heterocycles. The van der Waals surface area contributed by atoms with Crippen molar-refractivity contribution in [3.8, 4) is 5.75 Å². The number of aryl methyl sites for hydroxylation is 2. The molecule has 0 amide bonds. The fourth-order valence-electron chi connectivity index (χ4n) is 1.66. The summed E-state index contributed by atoms with van der Waals surface area (Å²) >= 11 is 0. The molecule has 0 spiro atoms. The number of ether oxygens (including phenoxy) is 1. The zero-order valence-electron chi connectivity index (χ0n) is 10.5. The molecular formula is C14H20O2. The summed E-state index contributed by atoms with van der Waals surface area (Å²) in [4.78, 5) is 10.4. The van der Waals surface area contributed by atoms with Gasteiger partial charge in [-0.3, -0.25) is 0 Å². The highest BCUT2D eigenvalue weighted by Gasteiger charge is 2.10. The normalized spacial score (nSPS) is 10.6. The summed E-state index contributed by atoms with van der Waals surface area (Å²) in [7, 11) is 0. The average molecular weight is 220 g/mol. The fraction of sp³-hybridized carbons (Fsp3) is 0.500. The quantitative estimate of drug-likeness (QED) is 0.712. The minimum atomic E-state index is 0.162. The van der Waals surface area contributed by atoms with Crippen LogP contribution < -0.4 is 4.74 Å². The van der Waals surface area contributed by atoms with Gasteiger partial charge in [-0.1, -0.05) is 12.1 Å². The van der Waals surface area contributed by atoms with E-state index < -0.39 is 0 Å². The molecule has 0 aliphatic carbocycles. The van der Waals surface area contributed by atoms with Crippen LogP contribution in [0.3, 0.4) is 0 Å². The van der Waals surface area contributed by atoms with Gasteiger partial charge in [0.05, 0.1) is 6.10 Å². The maximum Gasteiger partial charge on any atom is 0.126 e. The van der Waals surface area contributed by atoms with Crippen molar-refractivity contribution in [2.24, 2.45) is 0 Å². The van der Waals surface area contributed by atoms with Crippen LogP contribution in [0.2, 0.25) is 0 Å². The Morgan fingerprint density at radius 2 is 2.00 bits per heavy atom. The maximum absolute atomic E-state index is 10.4. The van der Waals surface area contributed by atoms with Gasteiger partial charge in [0.25, 0.3) is 0 Å². The van der Waals surface area contributed by atoms with E-state index in [1.807, 2.05) is 13.8 Å². The number of aldehydes is 1. The van der Waals surface area contributed by atoms with Gasteiger partial charge in [-0.25, -0.2) is 0 Å². The smallest absolute Gasteiger partial charge is 0.126 e. The summed E-state index contributed by atoms with van der Waals surface area (Å²) in [6.45, 7) is 8.18. The zero-order valence-corrected chi connectivity index (χ0v) is 10.5. The monoisotopic (exact) mass is 220 g/mol. The number of hydrogen-bond donors (Lipinski definition) is 0. The van der Waals surface area contributed by atoms with Crippen LogP contribution in [0.15, 0.2) is 12.1 Å². The predicted octanol–water partition coefficient (Wildman–Crippen LogP) is 3.22. The van der Waals surface area contributed by atoms with Crippen molar-refractivity contribution < 1.29 is 9.53 Å². The van der Waals surface area contributed by atoms with Gasteiger partial charge >= 0.3 is 0 Å². The van der Waals surface area contributed by atoms with Crippen molar-refractivity contribution in [3.63, 3.8) is 0 Å². The van der Waals surface area contributed by atoms with E-state index in [1.165, 1.54) is 11.1 Å². The Morgan fingerprint density at radius 3 is 2.56 bits per heavy atom. The molecular weight excluding hydrogens is 200 g/mol. The van der Waals surface area contributed by atoms with Gasteiger partial charge in [-0.2, -0.15) is 0 Å². The molecule has 0 aliphatic heterocycles. The lowest BCUT2D eigenvalue weighted by molar-refractivity contribution is -0.107. The molecule has 0 bridgehead atoms. The molecule has 1 rings (SSSR count). The van der Waals surface area contributed by atoms with E-state index in [1.54, 1.807) is 0 Å². The first kappa shape index (κ1) is 12.8. The number of benzene rings is 1. The maximum atomic E-state index is 10.4. The summed E-state index contributed by atoms with van der Waals surface area (Å²) in [5, 5.41) is 0. The summed E-state index contributed by atoms with van der Waals surface area (Å²) in [5.41, 5.74) is 3.53. The van der Waals surface area contributed by atoms with Crippen molar-refractivity contribution in [2.45, 2.75) is 46.6 Å². The van der Waals surface area contributed by atoms with Crippen LogP contribution in [0.5, 0.6) is 5.75 Å². The Balaban J connectivity index is 3.05. The largest absolute Gasteiger partial charge is 0.490 e. The van der Waals surface area contributed by atoms with Gasteiger partial charge in [0.2, 0.25) is 0 Å². The molecule has 1 aromatic rings. The van der Waals surface area contributed by atoms with Crippen molar-refractivity contribution in [1.29, 1.82) is 0 Å². The Kier molecular flexibility index (Phi) is 4.53. The minimum absolute atomic E-state index is 0.162. The summed E-state index contributed by atoms with van der Waals surface area (Å²) in [6, 6.07) is 4.15. The first-order valence-electron chi connectivity index (χ1n) is 5.75. The third-order valence-corrected chi connectivity index (χ3v) is 2.64. The molecule has 2 heteroatoms. The Labute approximate surface area is 97.6 Å². The first-order valence-corrected chi connectivity index (χ1v) is 5.75. The first-order chi connectivity index (χ1) is 7.56. The number of carbonyl (C=O) groups is 1. The molecule has 0 atom stereocenters. The lowest BCUT2D eigenvalue weighted by Crippen LogP contribution is -2.09. The highest BCUT2D eigenvalue weighted by Crippen LogP contribution is 2.28. The molecule has 0 aromatic heterocycles. The molecule has 0 fully saturated rings. The van der Waals surface area contributed by atoms with E-state index in [4.69, 9.17) is 4.74 Å². The van der Waals surface area contributed by atoms with Crippen LogP contribution in [0.25, 0.3) is 0 Å². The fourth-order valence-corrected chi connectivity index (χ4v) is 1.66. The van der Waals surface area contributed by atoms with E-state index in [0.717, 1.165) is 24.0 Å². The van der Waals surface area contributed by atoms with Crippen LogP contribution in [-0.4, -0.2) is 12.4 Å². The van der Waals surface area contributed by atoms with Gasteiger partial charge < -0.3 is 9.53 Å². The van der Waals surface area contributed by atoms with Crippen molar-refractivity contribution in [2.75, 3.05) is 0 Å². The van der Waals surface area contributed by atoms with E-state index in [-0.39, 0.29) is 6.10 Å². The topological polar surface area (TPSA) is 26.3 Å². The Morgan fingerprint density at radius 1 is 1.31 bits per heavy atom. The van der Waals surface area contributed by atoms with Crippen LogP contribution in [0.1, 0.15) is 37.0 Å². The molecule has 0 aliphatic rings. The van der Waals surface area contributed by atoms with E-state index in [0.29, 0.717) is 6.42 Å². The molecule has 0 saturated carbocycles. The van der Waals surface area contributed by atoms with Crippen molar-refractivity contribution in [1.82, 2.24) is 0 Å². The molecule has 2 nitrogen and oxygen atoms in total. The predicted molar refractivity (Wildman–Crippen MR) is 66.1 cm³/mol. The Bertz CT molecular complexity index is 367. The van der Waals surface area contributed by atoms with E-state index >= 15 is 0 Å². The highest BCUT2D eigenvalue weighted by molar-refractivity contribution is 5.52. The standard InChI is InChI=1S/C14H20O2/c1-10(2)16-14-12(4)11(3)7-8-13(14)6-5-9-15/h7-10H,5-6H2,1-4H3. The Hall–Kier alpha value is -1.31. The van der Waals surface area contributed by atoms with Gasteiger partial charge in [-0.05, 0) is 50.8 Å². The van der Waals surface area contributed by atoms with Crippen LogP contribution in [-0.2, 0) is 11.2 Å². The van der Waals surface area contributed by atoms with Gasteiger partial charge in [-0.15, -0.1) is 0 Å². The molecule has 16 heavy (non-hydrogen) atoms. The third kappa shape index (κ3) is 3.09. The molecule has 0 radical (unpaired) electrons. The number of hydrogen-bond acceptors (Lipinski definition) is 2. The molecule has 0 N–H and O–H groups in total. The summed E-state index contributed by atoms with van der Waals surface area (Å²) in [5.74, 6) is 0.955. The third-order valence-electron chi connectivity index (χ3n) is 2.64. The highest BCUT2D eigenvalue weighted by atomic mass is 16.5. The second-order valence-corrected chi connectivity index (χ2v) is 4.37. The number of carbonyl (C=O) groups excluding carboxylic acids is 1. The van der Waals surface area contributed by atoms with Crippen molar-refractivity contribution >= 4 is 6.29 Å². The van der Waals surface area contributed by atoms with Crippen molar-refractivity contribution in [3.05, 3.63) is 28.8 Å². The zero-order chi connectivity index (χ0) is 12.1. The summed E-state index contributed by atoms with van der Waals surface area (Å²) < 4.78 is 5.84. The van der Waals surface area contributed by atoms with Crippen LogP contribution in [0.4, 0.5) is 0 Å². The molecule has 88 valence electrons. The van der Waals surface area contributed by atoms with E-state index in [2.05, 4.69) is 26.0 Å². The number of rotatable bonds is 5. The lowest BCUT2D eigenvalue weighted by Gasteiger charge is -2.17. The van der Waals surface area contributed by atoms with Crippen LogP contribution in [0, 0.1) is 13.8 Å². The molecule has 0 heterocycles. The molecule has 0 unspecified atom stereocenters. The van der Waals surface area contributed by atoms with Gasteiger partial charge in [0, 0.05) is 6.42 Å². The van der Waals surface area contributed by atoms with Crippen LogP contribution >= 0.6 is 0 Å². The summed E-state index contributed by atoms with van der Waals surface area (Å²) in [6.07, 6.45) is 2.42. The van der Waals surface area contributed by atoms with E-state index in [9.17, 15) is 4.79 Å². The SMILES string of the molecule is Cc1ccc(CCC=O)c(OC(C)C)c1C.